The minimum absolute atomic E-state index is 0.655. The number of hydrogen-bond donors (Lipinski definition) is 0. The lowest BCUT2D eigenvalue weighted by Crippen LogP contribution is -2.67. The van der Waals surface area contributed by atoms with Gasteiger partial charge in [0.25, 0.3) is 0 Å². The standard InChI is InChI=1S/C22H24Si/c1-19(2)18-23(20-12-6-3-7-13-20,21-14-8-4-9-15-21)22-16-10-5-11-17-22/h3-17,19H,18H2,1-2H3. The van der Waals surface area contributed by atoms with E-state index >= 15 is 0 Å². The Morgan fingerprint density at radius 1 is 0.565 bits per heavy atom. The Morgan fingerprint density at radius 3 is 1.13 bits per heavy atom. The highest BCUT2D eigenvalue weighted by Crippen LogP contribution is 2.18. The summed E-state index contributed by atoms with van der Waals surface area (Å²) in [5.41, 5.74) is 0. The Morgan fingerprint density at radius 2 is 0.870 bits per heavy atom. The lowest BCUT2D eigenvalue weighted by Gasteiger charge is -2.35. The molecule has 0 aromatic heterocycles. The third-order valence-electron chi connectivity index (χ3n) is 4.51. The van der Waals surface area contributed by atoms with Crippen LogP contribution < -0.4 is 15.6 Å². The van der Waals surface area contributed by atoms with Crippen LogP contribution >= 0.6 is 0 Å². The molecule has 116 valence electrons. The van der Waals surface area contributed by atoms with Crippen molar-refractivity contribution in [1.29, 1.82) is 0 Å². The van der Waals surface area contributed by atoms with Crippen molar-refractivity contribution in [3.8, 4) is 0 Å². The Balaban J connectivity index is 2.30. The van der Waals surface area contributed by atoms with Crippen LogP contribution in [0.5, 0.6) is 0 Å². The van der Waals surface area contributed by atoms with E-state index in [0.29, 0.717) is 5.92 Å². The highest BCUT2D eigenvalue weighted by Gasteiger charge is 2.39. The molecule has 0 nitrogen and oxygen atoms in total. The minimum Gasteiger partial charge on any atom is -0.0630 e. The number of benzene rings is 3. The van der Waals surface area contributed by atoms with Gasteiger partial charge in [0.05, 0.1) is 0 Å². The van der Waals surface area contributed by atoms with E-state index in [2.05, 4.69) is 105 Å². The zero-order valence-electron chi connectivity index (χ0n) is 13.9. The fourth-order valence-electron chi connectivity index (χ4n) is 3.63. The maximum Gasteiger partial charge on any atom is 0.148 e. The van der Waals surface area contributed by atoms with Gasteiger partial charge in [0.15, 0.2) is 0 Å². The quantitative estimate of drug-likeness (QED) is 0.496. The lowest BCUT2D eigenvalue weighted by molar-refractivity contribution is 0.726. The van der Waals surface area contributed by atoms with Crippen LogP contribution in [-0.2, 0) is 0 Å². The monoisotopic (exact) mass is 316 g/mol. The van der Waals surface area contributed by atoms with E-state index in [-0.39, 0.29) is 0 Å². The third kappa shape index (κ3) is 3.15. The summed E-state index contributed by atoms with van der Waals surface area (Å²) in [6.45, 7) is 4.69. The number of hydrogen-bond acceptors (Lipinski definition) is 0. The lowest BCUT2D eigenvalue weighted by atomic mass is 10.3. The smallest absolute Gasteiger partial charge is 0.0630 e. The van der Waals surface area contributed by atoms with E-state index in [0.717, 1.165) is 0 Å². The maximum absolute atomic E-state index is 2.34. The Labute approximate surface area is 140 Å². The number of rotatable bonds is 5. The Kier molecular flexibility index (Phi) is 4.78. The van der Waals surface area contributed by atoms with Crippen LogP contribution in [0.1, 0.15) is 13.8 Å². The molecule has 0 radical (unpaired) electrons. The molecule has 0 unspecified atom stereocenters. The van der Waals surface area contributed by atoms with Crippen molar-refractivity contribution in [3.63, 3.8) is 0 Å². The largest absolute Gasteiger partial charge is 0.148 e. The molecule has 0 aliphatic carbocycles. The first-order valence-corrected chi connectivity index (χ1v) is 10.6. The van der Waals surface area contributed by atoms with Gasteiger partial charge in [-0.15, -0.1) is 0 Å². The van der Waals surface area contributed by atoms with Gasteiger partial charge in [-0.25, -0.2) is 0 Å². The summed E-state index contributed by atoms with van der Waals surface area (Å²) in [5, 5.41) is 4.52. The highest BCUT2D eigenvalue weighted by atomic mass is 28.3. The Bertz CT molecular complexity index is 621. The first-order chi connectivity index (χ1) is 11.2. The summed E-state index contributed by atoms with van der Waals surface area (Å²) in [6, 6.07) is 34.7. The van der Waals surface area contributed by atoms with Crippen molar-refractivity contribution in [3.05, 3.63) is 91.0 Å². The normalized spacial score (nSPS) is 11.6. The molecular weight excluding hydrogens is 292 g/mol. The first-order valence-electron chi connectivity index (χ1n) is 8.40. The second-order valence-corrected chi connectivity index (χ2v) is 10.6. The third-order valence-corrected chi connectivity index (χ3v) is 9.90. The van der Waals surface area contributed by atoms with Crippen molar-refractivity contribution < 1.29 is 0 Å². The van der Waals surface area contributed by atoms with Crippen LogP contribution in [0.25, 0.3) is 0 Å². The van der Waals surface area contributed by atoms with Gasteiger partial charge in [-0.05, 0) is 27.5 Å². The van der Waals surface area contributed by atoms with Crippen molar-refractivity contribution in [1.82, 2.24) is 0 Å². The summed E-state index contributed by atoms with van der Waals surface area (Å²) in [4.78, 5) is 0. The van der Waals surface area contributed by atoms with Crippen LogP contribution in [0.15, 0.2) is 91.0 Å². The average molecular weight is 317 g/mol. The second-order valence-electron chi connectivity index (χ2n) is 6.60. The van der Waals surface area contributed by atoms with E-state index in [1.54, 1.807) is 0 Å². The highest BCUT2D eigenvalue weighted by molar-refractivity contribution is 7.11. The fourth-order valence-corrected chi connectivity index (χ4v) is 8.85. The molecule has 0 heterocycles. The predicted molar refractivity (Wildman–Crippen MR) is 104 cm³/mol. The molecule has 23 heavy (non-hydrogen) atoms. The molecule has 0 aliphatic rings. The van der Waals surface area contributed by atoms with Crippen LogP contribution in [0, 0.1) is 5.92 Å². The molecule has 0 aliphatic heterocycles. The van der Waals surface area contributed by atoms with Crippen LogP contribution in [0.3, 0.4) is 0 Å². The van der Waals surface area contributed by atoms with Crippen molar-refractivity contribution in [2.45, 2.75) is 19.9 Å². The van der Waals surface area contributed by atoms with Gasteiger partial charge in [-0.3, -0.25) is 0 Å². The second kappa shape index (κ2) is 6.97. The minimum atomic E-state index is -1.99. The molecule has 3 aromatic rings. The van der Waals surface area contributed by atoms with Gasteiger partial charge in [0.2, 0.25) is 0 Å². The topological polar surface area (TPSA) is 0 Å². The molecule has 1 heteroatoms. The van der Waals surface area contributed by atoms with Crippen LogP contribution in [-0.4, -0.2) is 8.07 Å². The molecule has 0 saturated heterocycles. The first kappa shape index (κ1) is 15.8. The fraction of sp³-hybridized carbons (Fsp3) is 0.182. The van der Waals surface area contributed by atoms with Gasteiger partial charge in [0, 0.05) is 0 Å². The molecule has 0 fully saturated rings. The molecular formula is C22H24Si. The zero-order valence-corrected chi connectivity index (χ0v) is 14.9. The van der Waals surface area contributed by atoms with E-state index in [1.165, 1.54) is 21.6 Å². The van der Waals surface area contributed by atoms with E-state index in [9.17, 15) is 0 Å². The van der Waals surface area contributed by atoms with Crippen LogP contribution in [0.4, 0.5) is 0 Å². The molecule has 0 saturated carbocycles. The van der Waals surface area contributed by atoms with Crippen molar-refractivity contribution >= 4 is 23.6 Å². The molecule has 0 atom stereocenters. The summed E-state index contributed by atoms with van der Waals surface area (Å²) in [5.74, 6) is 0.655. The average Bonchev–Trinajstić information content (AvgIpc) is 2.62. The van der Waals surface area contributed by atoms with E-state index in [1.807, 2.05) is 0 Å². The summed E-state index contributed by atoms with van der Waals surface area (Å²) in [7, 11) is -1.99. The van der Waals surface area contributed by atoms with E-state index < -0.39 is 8.07 Å². The summed E-state index contributed by atoms with van der Waals surface area (Å²) >= 11 is 0. The Hall–Kier alpha value is -2.12. The van der Waals surface area contributed by atoms with E-state index in [4.69, 9.17) is 0 Å². The van der Waals surface area contributed by atoms with Crippen molar-refractivity contribution in [2.75, 3.05) is 0 Å². The molecule has 0 spiro atoms. The van der Waals surface area contributed by atoms with Gasteiger partial charge in [-0.1, -0.05) is 105 Å². The summed E-state index contributed by atoms with van der Waals surface area (Å²) < 4.78 is 0. The van der Waals surface area contributed by atoms with Gasteiger partial charge in [-0.2, -0.15) is 0 Å². The molecule has 0 amide bonds. The van der Waals surface area contributed by atoms with Gasteiger partial charge < -0.3 is 0 Å². The molecule has 0 N–H and O–H groups in total. The van der Waals surface area contributed by atoms with Crippen LogP contribution in [0.2, 0.25) is 6.04 Å². The van der Waals surface area contributed by atoms with Gasteiger partial charge in [0.1, 0.15) is 8.07 Å². The SMILES string of the molecule is CC(C)C[Si](c1ccccc1)(c1ccccc1)c1ccccc1. The molecule has 3 aromatic carbocycles. The predicted octanol–water partition coefficient (Wildman–Crippen LogP) is 3.81. The molecule has 3 rings (SSSR count). The van der Waals surface area contributed by atoms with Crippen molar-refractivity contribution in [2.24, 2.45) is 5.92 Å². The van der Waals surface area contributed by atoms with Gasteiger partial charge >= 0.3 is 0 Å². The zero-order chi connectivity index (χ0) is 16.1. The maximum atomic E-state index is 2.34. The molecule has 0 bridgehead atoms. The summed E-state index contributed by atoms with van der Waals surface area (Å²) in [6.07, 6.45) is 0.